The molecule has 23 valence electrons. The van der Waals surface area contributed by atoms with Crippen LogP contribution in [0.4, 0.5) is 0 Å². The summed E-state index contributed by atoms with van der Waals surface area (Å²) in [4.78, 5) is 9.68. The predicted octanol–water partition coefficient (Wildman–Crippen LogP) is -1.44. The van der Waals surface area contributed by atoms with Crippen LogP contribution in [0, 0.1) is 0 Å². The van der Waals surface area contributed by atoms with Crippen LogP contribution in [0.15, 0.2) is 0 Å². The SMILES string of the molecule is [2H]C([2H])([2H])C([NH2+])=O. The van der Waals surface area contributed by atoms with Crippen LogP contribution in [-0.2, 0) is 4.79 Å². The summed E-state index contributed by atoms with van der Waals surface area (Å²) in [5, 5.41) is 0. The van der Waals surface area contributed by atoms with Crippen molar-refractivity contribution in [3.8, 4) is 0 Å². The first kappa shape index (κ1) is 0.792. The third-order valence-corrected chi connectivity index (χ3v) is 0. The lowest BCUT2D eigenvalue weighted by atomic mass is 10.8. The van der Waals surface area contributed by atoms with Crippen molar-refractivity contribution in [1.82, 2.24) is 0 Å². The summed E-state index contributed by atoms with van der Waals surface area (Å²) in [6.45, 7) is -2.61. The van der Waals surface area contributed by atoms with Crippen molar-refractivity contribution in [2.45, 2.75) is 6.85 Å². The zero-order chi connectivity index (χ0) is 6.08. The second-order valence-electron chi connectivity index (χ2n) is 0.364. The first-order valence-corrected chi connectivity index (χ1v) is 0.743. The van der Waals surface area contributed by atoms with Crippen LogP contribution in [-0.4, -0.2) is 5.91 Å². The van der Waals surface area contributed by atoms with Crippen molar-refractivity contribution < 1.29 is 14.6 Å². The second-order valence-corrected chi connectivity index (χ2v) is 0.364. The van der Waals surface area contributed by atoms with Crippen LogP contribution in [0.25, 0.3) is 0 Å². The number of hydrogen-bond acceptors (Lipinski definition) is 1. The van der Waals surface area contributed by atoms with E-state index in [-0.39, 0.29) is 0 Å². The van der Waals surface area contributed by atoms with Crippen LogP contribution in [0.5, 0.6) is 0 Å². The van der Waals surface area contributed by atoms with Crippen LogP contribution >= 0.6 is 0 Å². The van der Waals surface area contributed by atoms with Gasteiger partial charge in [0.05, 0.1) is 6.85 Å². The molecule has 0 aromatic rings. The number of hydrogen-bond donors (Lipinski definition) is 1. The molecular weight excluding hydrogens is 54.0 g/mol. The average Bonchev–Trinajstić information content (AvgIpc) is 1.31. The number of nitrogens with two attached hydrogens (primary N) is 1. The Morgan fingerprint density at radius 1 is 2.50 bits per heavy atom. The summed E-state index contributed by atoms with van der Waals surface area (Å²) in [5.74, 6) is -1.26. The fraction of sp³-hybridized carbons (Fsp3) is 0.500. The van der Waals surface area contributed by atoms with Gasteiger partial charge in [-0.3, -0.25) is 0 Å². The van der Waals surface area contributed by atoms with Crippen molar-refractivity contribution >= 4 is 5.91 Å². The third kappa shape index (κ3) is 4.73. The summed E-state index contributed by atoms with van der Waals surface area (Å²) >= 11 is 0. The van der Waals surface area contributed by atoms with E-state index < -0.39 is 12.8 Å². The van der Waals surface area contributed by atoms with E-state index in [1.807, 2.05) is 0 Å². The third-order valence-electron chi connectivity index (χ3n) is 0. The maximum absolute atomic E-state index is 9.68. The Morgan fingerprint density at radius 3 is 2.75 bits per heavy atom. The van der Waals surface area contributed by atoms with Gasteiger partial charge in [-0.25, -0.2) is 4.79 Å². The monoisotopic (exact) mass is 62.1 g/mol. The molecule has 0 bridgehead atoms. The van der Waals surface area contributed by atoms with E-state index in [1.54, 1.807) is 0 Å². The molecule has 0 saturated carbocycles. The molecule has 2 heteroatoms. The molecule has 1 radical (unpaired) electrons. The van der Waals surface area contributed by atoms with Gasteiger partial charge in [0.1, 0.15) is 0 Å². The van der Waals surface area contributed by atoms with Gasteiger partial charge in [-0.2, -0.15) is 0 Å². The van der Waals surface area contributed by atoms with E-state index in [1.165, 1.54) is 0 Å². The van der Waals surface area contributed by atoms with Gasteiger partial charge in [0.25, 0.3) is 0 Å². The normalized spacial score (nSPS) is 20.8. The Bertz CT molecular complexity index is 85.4. The highest BCUT2D eigenvalue weighted by Crippen LogP contribution is 1.27. The summed E-state index contributed by atoms with van der Waals surface area (Å²) in [6, 6.07) is 0. The first-order valence-electron chi connectivity index (χ1n) is 2.24. The summed E-state index contributed by atoms with van der Waals surface area (Å²) in [5.41, 5.74) is 4.37. The summed E-state index contributed by atoms with van der Waals surface area (Å²) in [6.07, 6.45) is 0. The van der Waals surface area contributed by atoms with Gasteiger partial charge < -0.3 is 0 Å². The highest BCUT2D eigenvalue weighted by atomic mass is 16.1. The van der Waals surface area contributed by atoms with Gasteiger partial charge in [0, 0.05) is 4.11 Å². The molecule has 4 heavy (non-hydrogen) atoms. The number of carbonyl (C=O) groups is 1. The Labute approximate surface area is 28.8 Å². The summed E-state index contributed by atoms with van der Waals surface area (Å²) in [7, 11) is 0. The number of carbonyl (C=O) groups excluding carboxylic acids is 1. The molecule has 1 amide bonds. The highest BCUT2D eigenvalue weighted by molar-refractivity contribution is 5.60. The largest absolute Gasteiger partial charge is 0.354 e. The Hall–Kier alpha value is -0.370. The van der Waals surface area contributed by atoms with Gasteiger partial charge in [-0.15, -0.1) is 5.73 Å². The lowest BCUT2D eigenvalue weighted by Crippen LogP contribution is -2.54. The quantitative estimate of drug-likeness (QED) is 0.367. The van der Waals surface area contributed by atoms with Crippen LogP contribution in [0.2, 0.25) is 0 Å². The minimum atomic E-state index is -2.61. The molecule has 0 spiro atoms. The Balaban J connectivity index is 3.79. The van der Waals surface area contributed by atoms with E-state index in [2.05, 4.69) is 5.73 Å². The van der Waals surface area contributed by atoms with Crippen molar-refractivity contribution in [1.29, 1.82) is 0 Å². The molecular formula is C2H5NO+. The minimum absolute atomic E-state index is 1.26. The second kappa shape index (κ2) is 1.01. The summed E-state index contributed by atoms with van der Waals surface area (Å²) < 4.78 is 18.7. The lowest BCUT2D eigenvalue weighted by Gasteiger charge is -1.46. The van der Waals surface area contributed by atoms with Gasteiger partial charge in [-0.05, 0) is 0 Å². The van der Waals surface area contributed by atoms with Crippen LogP contribution in [0.3, 0.4) is 0 Å². The smallest absolute Gasteiger partial charge is 0.226 e. The van der Waals surface area contributed by atoms with Crippen LogP contribution < -0.4 is 5.73 Å². The van der Waals surface area contributed by atoms with E-state index in [0.717, 1.165) is 0 Å². The van der Waals surface area contributed by atoms with E-state index in [9.17, 15) is 4.79 Å². The lowest BCUT2D eigenvalue weighted by molar-refractivity contribution is -0.302. The molecule has 0 rings (SSSR count). The molecule has 0 atom stereocenters. The van der Waals surface area contributed by atoms with Crippen molar-refractivity contribution in [2.24, 2.45) is 0 Å². The molecule has 0 aromatic heterocycles. The molecule has 0 saturated heterocycles. The van der Waals surface area contributed by atoms with E-state index in [0.29, 0.717) is 0 Å². The number of amides is 1. The van der Waals surface area contributed by atoms with Gasteiger partial charge in [0.2, 0.25) is 0 Å². The molecule has 0 heterocycles. The van der Waals surface area contributed by atoms with Crippen molar-refractivity contribution in [2.75, 3.05) is 0 Å². The molecule has 0 aliphatic heterocycles. The molecule has 0 aromatic carbocycles. The first-order chi connectivity index (χ1) is 2.94. The van der Waals surface area contributed by atoms with Crippen LogP contribution in [0.1, 0.15) is 11.0 Å². The molecule has 0 aliphatic carbocycles. The molecule has 0 fully saturated rings. The van der Waals surface area contributed by atoms with E-state index >= 15 is 0 Å². The average molecular weight is 62.1 g/mol. The zero-order valence-corrected chi connectivity index (χ0v) is 1.99. The Kier molecular flexibility index (Phi) is 0.200. The topological polar surface area (TPSA) is 42.4 Å². The van der Waals surface area contributed by atoms with Gasteiger partial charge in [-0.1, -0.05) is 0 Å². The molecule has 0 aliphatic rings. The van der Waals surface area contributed by atoms with E-state index in [4.69, 9.17) is 4.11 Å². The Morgan fingerprint density at radius 2 is 2.75 bits per heavy atom. The maximum Gasteiger partial charge on any atom is 0.354 e. The fourth-order valence-electron chi connectivity index (χ4n) is 0. The highest BCUT2D eigenvalue weighted by Gasteiger charge is 1.74. The van der Waals surface area contributed by atoms with Gasteiger partial charge >= 0.3 is 5.91 Å². The maximum atomic E-state index is 9.68. The molecule has 2 nitrogen and oxygen atoms in total. The van der Waals surface area contributed by atoms with Gasteiger partial charge in [0.15, 0.2) is 0 Å². The fourth-order valence-corrected chi connectivity index (χ4v) is 0. The zero-order valence-electron chi connectivity index (χ0n) is 4.99. The van der Waals surface area contributed by atoms with Crippen molar-refractivity contribution in [3.63, 3.8) is 0 Å². The number of primary amides is 1. The van der Waals surface area contributed by atoms with Crippen molar-refractivity contribution in [3.05, 3.63) is 0 Å². The molecule has 2 N–H and O–H groups in total. The predicted molar refractivity (Wildman–Crippen MR) is 12.6 cm³/mol. The standard InChI is InChI=1S/C2H5NO/c1-2(3)4/h3H2,1H3/q+1/i1D3. The number of rotatable bonds is 0. The minimum Gasteiger partial charge on any atom is -0.226 e. The molecule has 0 unspecified atom stereocenters.